The number of halogens is 2. The summed E-state index contributed by atoms with van der Waals surface area (Å²) in [5, 5.41) is 0. The average molecular weight is 359 g/mol. The molecule has 0 spiro atoms. The van der Waals surface area contributed by atoms with Gasteiger partial charge in [-0.15, -0.1) is 0 Å². The van der Waals surface area contributed by atoms with Gasteiger partial charge >= 0.3 is 0 Å². The summed E-state index contributed by atoms with van der Waals surface area (Å²) in [6.07, 6.45) is 3.39. The van der Waals surface area contributed by atoms with Crippen LogP contribution in [0.25, 0.3) is 0 Å². The van der Waals surface area contributed by atoms with E-state index in [0.29, 0.717) is 31.0 Å². The van der Waals surface area contributed by atoms with Gasteiger partial charge in [0.2, 0.25) is 0 Å². The number of ether oxygens (including phenoxy) is 1. The lowest BCUT2D eigenvalue weighted by Crippen LogP contribution is -2.40. The standard InChI is InChI=1S/C21H23F2NO2/c1-26-20-17(8-4-10-19(20)23)21(25)24-13-5-6-15(14-24)11-12-16-7-2-3-9-18(16)22/h2-4,7-10,15H,5-6,11-14H2,1H3. The average Bonchev–Trinajstić information content (AvgIpc) is 2.67. The Labute approximate surface area is 152 Å². The number of rotatable bonds is 5. The molecule has 3 rings (SSSR count). The predicted molar refractivity (Wildman–Crippen MR) is 96.3 cm³/mol. The van der Waals surface area contributed by atoms with E-state index in [1.165, 1.54) is 25.3 Å². The Balaban J connectivity index is 1.66. The van der Waals surface area contributed by atoms with E-state index < -0.39 is 5.82 Å². The minimum Gasteiger partial charge on any atom is -0.493 e. The van der Waals surface area contributed by atoms with Gasteiger partial charge in [0.15, 0.2) is 11.6 Å². The van der Waals surface area contributed by atoms with E-state index in [2.05, 4.69) is 0 Å². The van der Waals surface area contributed by atoms with Crippen LogP contribution in [0.1, 0.15) is 35.2 Å². The Kier molecular flexibility index (Phi) is 5.86. The van der Waals surface area contributed by atoms with Crippen molar-refractivity contribution in [1.29, 1.82) is 0 Å². The van der Waals surface area contributed by atoms with Crippen molar-refractivity contribution in [3.05, 3.63) is 65.2 Å². The molecule has 1 aliphatic heterocycles. The van der Waals surface area contributed by atoms with Crippen molar-refractivity contribution >= 4 is 5.91 Å². The molecule has 2 aromatic carbocycles. The van der Waals surface area contributed by atoms with E-state index in [0.717, 1.165) is 19.3 Å². The monoisotopic (exact) mass is 359 g/mol. The second-order valence-corrected chi connectivity index (χ2v) is 6.71. The first-order valence-corrected chi connectivity index (χ1v) is 8.95. The summed E-state index contributed by atoms with van der Waals surface area (Å²) in [4.78, 5) is 14.6. The van der Waals surface area contributed by atoms with E-state index >= 15 is 0 Å². The lowest BCUT2D eigenvalue weighted by molar-refractivity contribution is 0.0664. The zero-order valence-corrected chi connectivity index (χ0v) is 14.9. The molecule has 0 aliphatic carbocycles. The van der Waals surface area contributed by atoms with Gasteiger partial charge in [-0.05, 0) is 55.4 Å². The number of aryl methyl sites for hydroxylation is 1. The maximum atomic E-state index is 13.9. The van der Waals surface area contributed by atoms with Gasteiger partial charge < -0.3 is 9.64 Å². The molecule has 5 heteroatoms. The van der Waals surface area contributed by atoms with Crippen molar-refractivity contribution in [1.82, 2.24) is 4.90 Å². The molecule has 1 saturated heterocycles. The highest BCUT2D eigenvalue weighted by Crippen LogP contribution is 2.27. The maximum absolute atomic E-state index is 13.9. The van der Waals surface area contributed by atoms with Crippen LogP contribution in [0.15, 0.2) is 42.5 Å². The molecule has 1 amide bonds. The summed E-state index contributed by atoms with van der Waals surface area (Å²) >= 11 is 0. The molecule has 1 heterocycles. The van der Waals surface area contributed by atoms with E-state index in [-0.39, 0.29) is 23.0 Å². The summed E-state index contributed by atoms with van der Waals surface area (Å²) in [6.45, 7) is 1.25. The van der Waals surface area contributed by atoms with Gasteiger partial charge in [-0.2, -0.15) is 0 Å². The molecule has 138 valence electrons. The quantitative estimate of drug-likeness (QED) is 0.789. The second kappa shape index (κ2) is 8.30. The predicted octanol–water partition coefficient (Wildman–Crippen LogP) is 4.46. The molecular formula is C21H23F2NO2. The van der Waals surface area contributed by atoms with Crippen LogP contribution in [0, 0.1) is 17.6 Å². The Hall–Kier alpha value is -2.43. The third-order valence-electron chi connectivity index (χ3n) is 4.99. The number of benzene rings is 2. The molecule has 1 unspecified atom stereocenters. The Bertz CT molecular complexity index is 778. The molecule has 0 aromatic heterocycles. The number of carbonyl (C=O) groups excluding carboxylic acids is 1. The minimum absolute atomic E-state index is 0.00835. The van der Waals surface area contributed by atoms with Gasteiger partial charge in [0.1, 0.15) is 5.82 Å². The van der Waals surface area contributed by atoms with Crippen molar-refractivity contribution in [3.8, 4) is 5.75 Å². The molecule has 0 N–H and O–H groups in total. The van der Waals surface area contributed by atoms with Crippen LogP contribution in [0.3, 0.4) is 0 Å². The first kappa shape index (κ1) is 18.4. The van der Waals surface area contributed by atoms with E-state index in [4.69, 9.17) is 4.74 Å². The molecule has 0 radical (unpaired) electrons. The highest BCUT2D eigenvalue weighted by Gasteiger charge is 2.27. The van der Waals surface area contributed by atoms with Gasteiger partial charge in [0, 0.05) is 13.1 Å². The van der Waals surface area contributed by atoms with Crippen molar-refractivity contribution < 1.29 is 18.3 Å². The highest BCUT2D eigenvalue weighted by atomic mass is 19.1. The first-order valence-electron chi connectivity index (χ1n) is 8.95. The SMILES string of the molecule is COc1c(F)cccc1C(=O)N1CCCC(CCc2ccccc2F)C1. The summed E-state index contributed by atoms with van der Waals surface area (Å²) in [5.74, 6) is -0.623. The number of carbonyl (C=O) groups is 1. The number of hydrogen-bond acceptors (Lipinski definition) is 2. The Morgan fingerprint density at radius 1 is 1.15 bits per heavy atom. The molecule has 26 heavy (non-hydrogen) atoms. The molecule has 1 atom stereocenters. The molecular weight excluding hydrogens is 336 g/mol. The van der Waals surface area contributed by atoms with E-state index in [1.807, 2.05) is 6.07 Å². The second-order valence-electron chi connectivity index (χ2n) is 6.71. The van der Waals surface area contributed by atoms with Crippen LogP contribution in [-0.4, -0.2) is 31.0 Å². The van der Waals surface area contributed by atoms with Crippen LogP contribution in [0.5, 0.6) is 5.75 Å². The summed E-state index contributed by atoms with van der Waals surface area (Å²) in [5.41, 5.74) is 0.963. The lowest BCUT2D eigenvalue weighted by Gasteiger charge is -2.33. The summed E-state index contributed by atoms with van der Waals surface area (Å²) < 4.78 is 32.7. The van der Waals surface area contributed by atoms with E-state index in [1.54, 1.807) is 23.1 Å². The minimum atomic E-state index is -0.536. The summed E-state index contributed by atoms with van der Waals surface area (Å²) in [7, 11) is 1.36. The maximum Gasteiger partial charge on any atom is 0.257 e. The number of para-hydroxylation sites is 1. The molecule has 1 fully saturated rings. The molecule has 0 saturated carbocycles. The van der Waals surface area contributed by atoms with Gasteiger partial charge in [-0.25, -0.2) is 8.78 Å². The number of likely N-dealkylation sites (tertiary alicyclic amines) is 1. The Morgan fingerprint density at radius 2 is 1.92 bits per heavy atom. The van der Waals surface area contributed by atoms with Crippen molar-refractivity contribution in [2.75, 3.05) is 20.2 Å². The number of piperidine rings is 1. The fourth-order valence-electron chi connectivity index (χ4n) is 3.60. The molecule has 0 bridgehead atoms. The van der Waals surface area contributed by atoms with Crippen molar-refractivity contribution in [3.63, 3.8) is 0 Å². The zero-order valence-electron chi connectivity index (χ0n) is 14.9. The molecule has 3 nitrogen and oxygen atoms in total. The Morgan fingerprint density at radius 3 is 2.69 bits per heavy atom. The molecule has 2 aromatic rings. The number of amides is 1. The van der Waals surface area contributed by atoms with Gasteiger partial charge in [-0.3, -0.25) is 4.79 Å². The van der Waals surface area contributed by atoms with Gasteiger partial charge in [0.25, 0.3) is 5.91 Å². The van der Waals surface area contributed by atoms with Crippen molar-refractivity contribution in [2.24, 2.45) is 5.92 Å². The third-order valence-corrected chi connectivity index (χ3v) is 4.99. The van der Waals surface area contributed by atoms with Gasteiger partial charge in [0.05, 0.1) is 12.7 Å². The topological polar surface area (TPSA) is 29.5 Å². The number of hydrogen-bond donors (Lipinski definition) is 0. The number of nitrogens with zero attached hydrogens (tertiary/aromatic N) is 1. The first-order chi connectivity index (χ1) is 12.6. The molecule has 1 aliphatic rings. The largest absolute Gasteiger partial charge is 0.493 e. The zero-order chi connectivity index (χ0) is 18.5. The summed E-state index contributed by atoms with van der Waals surface area (Å²) in [6, 6.07) is 11.2. The third kappa shape index (κ3) is 4.03. The fraction of sp³-hybridized carbons (Fsp3) is 0.381. The smallest absolute Gasteiger partial charge is 0.257 e. The van der Waals surface area contributed by atoms with Crippen LogP contribution < -0.4 is 4.74 Å². The van der Waals surface area contributed by atoms with E-state index in [9.17, 15) is 13.6 Å². The highest BCUT2D eigenvalue weighted by molar-refractivity contribution is 5.97. The van der Waals surface area contributed by atoms with Crippen LogP contribution in [-0.2, 0) is 6.42 Å². The van der Waals surface area contributed by atoms with Crippen LogP contribution >= 0.6 is 0 Å². The fourth-order valence-corrected chi connectivity index (χ4v) is 3.60. The van der Waals surface area contributed by atoms with Crippen LogP contribution in [0.4, 0.5) is 8.78 Å². The van der Waals surface area contributed by atoms with Crippen molar-refractivity contribution in [2.45, 2.75) is 25.7 Å². The van der Waals surface area contributed by atoms with Crippen LogP contribution in [0.2, 0.25) is 0 Å². The lowest BCUT2D eigenvalue weighted by atomic mass is 9.91. The number of methoxy groups -OCH3 is 1. The normalized spacial score (nSPS) is 17.2. The van der Waals surface area contributed by atoms with Gasteiger partial charge in [-0.1, -0.05) is 24.3 Å².